The van der Waals surface area contributed by atoms with Crippen LogP contribution in [-0.2, 0) is 19.1 Å². The van der Waals surface area contributed by atoms with E-state index in [2.05, 4.69) is 10.1 Å². The average molecular weight is 488 g/mol. The van der Waals surface area contributed by atoms with Crippen LogP contribution in [0, 0.1) is 5.82 Å². The molecule has 1 fully saturated rings. The molecule has 1 saturated heterocycles. The fourth-order valence-corrected chi connectivity index (χ4v) is 3.72. The highest BCUT2D eigenvalue weighted by Crippen LogP contribution is 2.34. The Balaban J connectivity index is 1.72. The molecule has 0 saturated carbocycles. The molecular formula is C23H21FN2O7S. The molecular weight excluding hydrogens is 467 g/mol. The molecule has 1 heterocycles. The molecule has 9 nitrogen and oxygen atoms in total. The van der Waals surface area contributed by atoms with Crippen molar-refractivity contribution in [3.8, 4) is 11.5 Å². The number of esters is 1. The van der Waals surface area contributed by atoms with Crippen LogP contribution >= 0.6 is 11.8 Å². The Morgan fingerprint density at radius 1 is 1.12 bits per heavy atom. The topological polar surface area (TPSA) is 111 Å². The Morgan fingerprint density at radius 2 is 1.88 bits per heavy atom. The molecule has 0 atom stereocenters. The lowest BCUT2D eigenvalue weighted by atomic mass is 10.2. The molecule has 0 unspecified atom stereocenters. The average Bonchev–Trinajstić information content (AvgIpc) is 3.07. The Labute approximate surface area is 198 Å². The molecule has 1 aliphatic rings. The van der Waals surface area contributed by atoms with Crippen molar-refractivity contribution >= 4 is 46.5 Å². The second-order valence-corrected chi connectivity index (χ2v) is 7.79. The van der Waals surface area contributed by atoms with E-state index in [4.69, 9.17) is 9.47 Å². The lowest BCUT2D eigenvalue weighted by Crippen LogP contribution is -2.36. The summed E-state index contributed by atoms with van der Waals surface area (Å²) < 4.78 is 29.2. The van der Waals surface area contributed by atoms with Crippen LogP contribution in [0.15, 0.2) is 47.4 Å². The van der Waals surface area contributed by atoms with Gasteiger partial charge in [0.05, 0.1) is 24.3 Å². The number of carbonyl (C=O) groups is 4. The minimum absolute atomic E-state index is 0.0482. The van der Waals surface area contributed by atoms with Crippen molar-refractivity contribution in [3.05, 3.63) is 58.8 Å². The first-order valence-corrected chi connectivity index (χ1v) is 10.9. The molecule has 1 N–H and O–H groups in total. The van der Waals surface area contributed by atoms with Crippen LogP contribution in [0.2, 0.25) is 0 Å². The fourth-order valence-electron chi connectivity index (χ4n) is 2.88. The summed E-state index contributed by atoms with van der Waals surface area (Å²) in [6, 6.07) is 10.3. The van der Waals surface area contributed by atoms with Gasteiger partial charge >= 0.3 is 5.97 Å². The summed E-state index contributed by atoms with van der Waals surface area (Å²) in [4.78, 5) is 49.5. The first-order valence-electron chi connectivity index (χ1n) is 10.1. The van der Waals surface area contributed by atoms with Crippen molar-refractivity contribution < 1.29 is 37.8 Å². The molecule has 0 aliphatic carbocycles. The minimum Gasteiger partial charge on any atom is -0.490 e. The largest absolute Gasteiger partial charge is 0.490 e. The van der Waals surface area contributed by atoms with Gasteiger partial charge in [0, 0.05) is 0 Å². The quantitative estimate of drug-likeness (QED) is 0.422. The monoisotopic (exact) mass is 488 g/mol. The number of amides is 3. The Morgan fingerprint density at radius 3 is 2.59 bits per heavy atom. The van der Waals surface area contributed by atoms with E-state index in [1.807, 2.05) is 0 Å². The zero-order chi connectivity index (χ0) is 24.7. The lowest BCUT2D eigenvalue weighted by Gasteiger charge is -2.13. The van der Waals surface area contributed by atoms with E-state index in [-0.39, 0.29) is 17.2 Å². The number of ether oxygens (including phenoxy) is 3. The number of halogens is 1. The standard InChI is InChI=1S/C23H21FN2O7S/c1-3-32-18-10-14(8-9-17(18)33-13-21(28)31-2)11-19-22(29)26(23(30)34-19)12-20(27)25-16-7-5-4-6-15(16)24/h4-11H,3,12-13H2,1-2H3,(H,25,27)/b19-11-. The van der Waals surface area contributed by atoms with Crippen LogP contribution in [-0.4, -0.2) is 54.8 Å². The van der Waals surface area contributed by atoms with Gasteiger partial charge < -0.3 is 19.5 Å². The molecule has 0 spiro atoms. The van der Waals surface area contributed by atoms with Gasteiger partial charge in [-0.3, -0.25) is 19.3 Å². The maximum atomic E-state index is 13.7. The number of rotatable bonds is 9. The van der Waals surface area contributed by atoms with Crippen LogP contribution in [0.3, 0.4) is 0 Å². The van der Waals surface area contributed by atoms with E-state index >= 15 is 0 Å². The maximum Gasteiger partial charge on any atom is 0.343 e. The molecule has 1 aliphatic heterocycles. The van der Waals surface area contributed by atoms with Gasteiger partial charge in [-0.2, -0.15) is 0 Å². The molecule has 0 bridgehead atoms. The van der Waals surface area contributed by atoms with Gasteiger partial charge in [0.15, 0.2) is 18.1 Å². The van der Waals surface area contributed by atoms with Crippen molar-refractivity contribution in [2.75, 3.05) is 32.2 Å². The Hall–Kier alpha value is -3.86. The third kappa shape index (κ3) is 6.13. The van der Waals surface area contributed by atoms with Gasteiger partial charge in [-0.05, 0) is 54.6 Å². The maximum absolute atomic E-state index is 13.7. The third-order valence-corrected chi connectivity index (χ3v) is 5.37. The molecule has 0 radical (unpaired) electrons. The number of carbonyl (C=O) groups excluding carboxylic acids is 4. The van der Waals surface area contributed by atoms with Crippen molar-refractivity contribution in [1.82, 2.24) is 4.90 Å². The van der Waals surface area contributed by atoms with Crippen molar-refractivity contribution in [2.24, 2.45) is 0 Å². The molecule has 34 heavy (non-hydrogen) atoms. The second-order valence-electron chi connectivity index (χ2n) is 6.80. The fraction of sp³-hybridized carbons (Fsp3) is 0.217. The predicted molar refractivity (Wildman–Crippen MR) is 123 cm³/mol. The highest BCUT2D eigenvalue weighted by Gasteiger charge is 2.36. The minimum atomic E-state index is -0.709. The molecule has 3 amide bonds. The number of hydrogen-bond acceptors (Lipinski definition) is 8. The molecule has 0 aromatic heterocycles. The molecule has 11 heteroatoms. The summed E-state index contributed by atoms with van der Waals surface area (Å²) in [7, 11) is 1.24. The number of anilines is 1. The Bertz CT molecular complexity index is 1150. The summed E-state index contributed by atoms with van der Waals surface area (Å²) in [6.07, 6.45) is 1.48. The van der Waals surface area contributed by atoms with Crippen LogP contribution in [0.5, 0.6) is 11.5 Å². The molecule has 3 rings (SSSR count). The highest BCUT2D eigenvalue weighted by molar-refractivity contribution is 8.18. The summed E-state index contributed by atoms with van der Waals surface area (Å²) in [5.41, 5.74) is 0.489. The number of imide groups is 1. The normalized spacial score (nSPS) is 14.3. The molecule has 2 aromatic carbocycles. The SMILES string of the molecule is CCOc1cc(/C=C2\SC(=O)N(CC(=O)Nc3ccccc3F)C2=O)ccc1OCC(=O)OC. The predicted octanol–water partition coefficient (Wildman–Crippen LogP) is 3.45. The van der Waals surface area contributed by atoms with Crippen LogP contribution < -0.4 is 14.8 Å². The number of nitrogens with zero attached hydrogens (tertiary/aromatic N) is 1. The van der Waals surface area contributed by atoms with E-state index in [0.717, 1.165) is 4.90 Å². The van der Waals surface area contributed by atoms with E-state index < -0.39 is 35.4 Å². The van der Waals surface area contributed by atoms with E-state index in [9.17, 15) is 23.6 Å². The van der Waals surface area contributed by atoms with Gasteiger partial charge in [0.1, 0.15) is 12.4 Å². The third-order valence-electron chi connectivity index (χ3n) is 4.46. The number of thioether (sulfide) groups is 1. The molecule has 2 aromatic rings. The smallest absolute Gasteiger partial charge is 0.343 e. The van der Waals surface area contributed by atoms with Gasteiger partial charge in [0.25, 0.3) is 11.1 Å². The van der Waals surface area contributed by atoms with E-state index in [1.54, 1.807) is 31.2 Å². The number of methoxy groups -OCH3 is 1. The van der Waals surface area contributed by atoms with Gasteiger partial charge in [-0.25, -0.2) is 9.18 Å². The van der Waals surface area contributed by atoms with Crippen LogP contribution in [0.4, 0.5) is 14.9 Å². The first kappa shape index (κ1) is 24.8. The van der Waals surface area contributed by atoms with Crippen molar-refractivity contribution in [2.45, 2.75) is 6.92 Å². The first-order chi connectivity index (χ1) is 16.3. The number of nitrogens with one attached hydrogen (secondary N) is 1. The number of benzene rings is 2. The van der Waals surface area contributed by atoms with E-state index in [0.29, 0.717) is 35.4 Å². The van der Waals surface area contributed by atoms with Gasteiger partial charge in [-0.15, -0.1) is 0 Å². The van der Waals surface area contributed by atoms with Crippen molar-refractivity contribution in [1.29, 1.82) is 0 Å². The van der Waals surface area contributed by atoms with Crippen LogP contribution in [0.25, 0.3) is 6.08 Å². The summed E-state index contributed by atoms with van der Waals surface area (Å²) in [6.45, 7) is 1.24. The second kappa shape index (κ2) is 11.3. The lowest BCUT2D eigenvalue weighted by molar-refractivity contribution is -0.143. The van der Waals surface area contributed by atoms with Gasteiger partial charge in [-0.1, -0.05) is 18.2 Å². The Kier molecular flexibility index (Phi) is 8.25. The highest BCUT2D eigenvalue weighted by atomic mass is 32.2. The summed E-state index contributed by atoms with van der Waals surface area (Å²) >= 11 is 0.680. The zero-order valence-electron chi connectivity index (χ0n) is 18.3. The number of hydrogen-bond donors (Lipinski definition) is 1. The number of para-hydroxylation sites is 1. The van der Waals surface area contributed by atoms with Gasteiger partial charge in [0.2, 0.25) is 5.91 Å². The van der Waals surface area contributed by atoms with Crippen LogP contribution in [0.1, 0.15) is 12.5 Å². The summed E-state index contributed by atoms with van der Waals surface area (Å²) in [5, 5.41) is 1.72. The zero-order valence-corrected chi connectivity index (χ0v) is 19.1. The van der Waals surface area contributed by atoms with E-state index in [1.165, 1.54) is 31.4 Å². The molecule has 178 valence electrons. The van der Waals surface area contributed by atoms with Crippen molar-refractivity contribution in [3.63, 3.8) is 0 Å². The summed E-state index contributed by atoms with van der Waals surface area (Å²) in [5.74, 6) is -1.90.